The fourth-order valence-corrected chi connectivity index (χ4v) is 1.37. The van der Waals surface area contributed by atoms with Crippen molar-refractivity contribution >= 4 is 12.2 Å². The Morgan fingerprint density at radius 3 is 2.69 bits per heavy atom. The van der Waals surface area contributed by atoms with E-state index in [0.717, 1.165) is 5.75 Å². The molecule has 0 spiro atoms. The molecule has 3 N–H and O–H groups in total. The van der Waals surface area contributed by atoms with Crippen LogP contribution in [0, 0.1) is 11.7 Å². The molecule has 1 aromatic carbocycles. The van der Waals surface area contributed by atoms with Gasteiger partial charge in [-0.1, -0.05) is 17.7 Å². The summed E-state index contributed by atoms with van der Waals surface area (Å²) in [6.07, 6.45) is 0. The van der Waals surface area contributed by atoms with Crippen molar-refractivity contribution in [2.75, 3.05) is 5.84 Å². The number of hydrogen-bond donors (Lipinski definition) is 2. The zero-order chi connectivity index (χ0) is 11.5. The van der Waals surface area contributed by atoms with Gasteiger partial charge in [-0.2, -0.15) is 5.10 Å². The summed E-state index contributed by atoms with van der Waals surface area (Å²) in [5.74, 6) is 6.97. The molecule has 0 saturated heterocycles. The SMILES string of the molecule is Cc1ccc(OCc2n[nH]c(=S)n2N)cc1. The average molecular weight is 236 g/mol. The van der Waals surface area contributed by atoms with Crippen LogP contribution in [0.15, 0.2) is 24.3 Å². The van der Waals surface area contributed by atoms with Gasteiger partial charge in [-0.15, -0.1) is 0 Å². The highest BCUT2D eigenvalue weighted by Gasteiger charge is 2.03. The van der Waals surface area contributed by atoms with Crippen molar-refractivity contribution in [3.8, 4) is 5.75 Å². The van der Waals surface area contributed by atoms with Crippen molar-refractivity contribution in [3.63, 3.8) is 0 Å². The monoisotopic (exact) mass is 236 g/mol. The highest BCUT2D eigenvalue weighted by Crippen LogP contribution is 2.12. The molecule has 0 aliphatic heterocycles. The van der Waals surface area contributed by atoms with Crippen LogP contribution in [0.1, 0.15) is 11.4 Å². The van der Waals surface area contributed by atoms with Crippen molar-refractivity contribution in [1.29, 1.82) is 0 Å². The van der Waals surface area contributed by atoms with Crippen molar-refractivity contribution in [2.24, 2.45) is 0 Å². The summed E-state index contributed by atoms with van der Waals surface area (Å²) < 4.78 is 7.18. The Morgan fingerprint density at radius 1 is 1.44 bits per heavy atom. The van der Waals surface area contributed by atoms with Crippen LogP contribution in [-0.2, 0) is 6.61 Å². The number of aryl methyl sites for hydroxylation is 1. The highest BCUT2D eigenvalue weighted by molar-refractivity contribution is 7.71. The van der Waals surface area contributed by atoms with Gasteiger partial charge in [0.15, 0.2) is 5.82 Å². The number of nitrogens with two attached hydrogens (primary N) is 1. The molecule has 0 radical (unpaired) electrons. The summed E-state index contributed by atoms with van der Waals surface area (Å²) >= 11 is 4.89. The van der Waals surface area contributed by atoms with Gasteiger partial charge in [0.25, 0.3) is 0 Å². The van der Waals surface area contributed by atoms with E-state index in [0.29, 0.717) is 10.6 Å². The van der Waals surface area contributed by atoms with Gasteiger partial charge >= 0.3 is 0 Å². The first-order chi connectivity index (χ1) is 7.66. The number of rotatable bonds is 3. The molecule has 0 atom stereocenters. The Labute approximate surface area is 97.8 Å². The number of hydrogen-bond acceptors (Lipinski definition) is 4. The molecule has 16 heavy (non-hydrogen) atoms. The molecular formula is C10H12N4OS. The Bertz CT molecular complexity index is 528. The molecule has 84 valence electrons. The van der Waals surface area contributed by atoms with E-state index in [2.05, 4.69) is 10.2 Å². The Balaban J connectivity index is 2.05. The van der Waals surface area contributed by atoms with Gasteiger partial charge in [0.2, 0.25) is 4.77 Å². The van der Waals surface area contributed by atoms with Crippen LogP contribution < -0.4 is 10.6 Å². The van der Waals surface area contributed by atoms with Crippen LogP contribution in [0.3, 0.4) is 0 Å². The molecule has 2 aromatic rings. The molecule has 0 bridgehead atoms. The number of aromatic amines is 1. The third kappa shape index (κ3) is 2.22. The lowest BCUT2D eigenvalue weighted by Crippen LogP contribution is -2.14. The van der Waals surface area contributed by atoms with Crippen LogP contribution in [-0.4, -0.2) is 14.9 Å². The number of nitrogen functional groups attached to an aromatic ring is 1. The van der Waals surface area contributed by atoms with E-state index in [9.17, 15) is 0 Å². The summed E-state index contributed by atoms with van der Waals surface area (Å²) in [5.41, 5.74) is 1.19. The summed E-state index contributed by atoms with van der Waals surface area (Å²) in [7, 11) is 0. The standard InChI is InChI=1S/C10H12N4OS/c1-7-2-4-8(5-3-7)15-6-9-12-13-10(16)14(9)11/h2-5H,6,11H2,1H3,(H,13,16). The predicted octanol–water partition coefficient (Wildman–Crippen LogP) is 1.54. The van der Waals surface area contributed by atoms with Crippen LogP contribution in [0.2, 0.25) is 0 Å². The summed E-state index contributed by atoms with van der Waals surface area (Å²) in [6, 6.07) is 7.76. The second-order valence-electron chi connectivity index (χ2n) is 3.42. The fraction of sp³-hybridized carbons (Fsp3) is 0.200. The maximum absolute atomic E-state index is 5.63. The van der Waals surface area contributed by atoms with E-state index in [4.69, 9.17) is 22.8 Å². The molecule has 0 unspecified atom stereocenters. The third-order valence-electron chi connectivity index (χ3n) is 2.17. The molecular weight excluding hydrogens is 224 g/mol. The molecule has 0 aliphatic carbocycles. The first kappa shape index (κ1) is 10.7. The van der Waals surface area contributed by atoms with Gasteiger partial charge in [0.1, 0.15) is 12.4 Å². The van der Waals surface area contributed by atoms with E-state index in [1.165, 1.54) is 10.2 Å². The maximum Gasteiger partial charge on any atom is 0.214 e. The van der Waals surface area contributed by atoms with Gasteiger partial charge in [0.05, 0.1) is 0 Å². The van der Waals surface area contributed by atoms with E-state index in [-0.39, 0.29) is 6.61 Å². The maximum atomic E-state index is 5.63. The molecule has 1 heterocycles. The van der Waals surface area contributed by atoms with Crippen molar-refractivity contribution in [2.45, 2.75) is 13.5 Å². The number of H-pyrrole nitrogens is 1. The number of benzene rings is 1. The lowest BCUT2D eigenvalue weighted by molar-refractivity contribution is 0.292. The molecule has 0 aliphatic rings. The van der Waals surface area contributed by atoms with Crippen molar-refractivity contribution < 1.29 is 4.74 Å². The molecule has 0 amide bonds. The minimum absolute atomic E-state index is 0.284. The Morgan fingerprint density at radius 2 is 2.12 bits per heavy atom. The van der Waals surface area contributed by atoms with E-state index >= 15 is 0 Å². The van der Waals surface area contributed by atoms with Gasteiger partial charge < -0.3 is 10.6 Å². The van der Waals surface area contributed by atoms with Gasteiger partial charge in [-0.25, -0.2) is 4.68 Å². The summed E-state index contributed by atoms with van der Waals surface area (Å²) in [6.45, 7) is 2.31. The van der Waals surface area contributed by atoms with Crippen molar-refractivity contribution in [1.82, 2.24) is 14.9 Å². The van der Waals surface area contributed by atoms with Gasteiger partial charge in [-0.05, 0) is 31.3 Å². The smallest absolute Gasteiger partial charge is 0.214 e. The van der Waals surface area contributed by atoms with Crippen LogP contribution in [0.4, 0.5) is 0 Å². The number of aromatic nitrogens is 3. The molecule has 6 heteroatoms. The minimum atomic E-state index is 0.284. The quantitative estimate of drug-likeness (QED) is 0.626. The number of nitrogens with zero attached hydrogens (tertiary/aromatic N) is 2. The minimum Gasteiger partial charge on any atom is -0.486 e. The second kappa shape index (κ2) is 4.36. The number of ether oxygens (including phenoxy) is 1. The van der Waals surface area contributed by atoms with Crippen LogP contribution >= 0.6 is 12.2 Å². The third-order valence-corrected chi connectivity index (χ3v) is 2.45. The summed E-state index contributed by atoms with van der Waals surface area (Å²) in [4.78, 5) is 0. The van der Waals surface area contributed by atoms with Gasteiger partial charge in [-0.3, -0.25) is 5.10 Å². The summed E-state index contributed by atoms with van der Waals surface area (Å²) in [5, 5.41) is 6.54. The predicted molar refractivity (Wildman–Crippen MR) is 63.1 cm³/mol. The molecule has 5 nitrogen and oxygen atoms in total. The Kier molecular flexibility index (Phi) is 2.91. The van der Waals surface area contributed by atoms with E-state index in [1.807, 2.05) is 31.2 Å². The zero-order valence-electron chi connectivity index (χ0n) is 8.80. The molecule has 0 saturated carbocycles. The molecule has 0 fully saturated rings. The topological polar surface area (TPSA) is 68.9 Å². The van der Waals surface area contributed by atoms with E-state index < -0.39 is 0 Å². The number of nitrogens with one attached hydrogen (secondary N) is 1. The molecule has 2 rings (SSSR count). The largest absolute Gasteiger partial charge is 0.486 e. The van der Waals surface area contributed by atoms with Crippen molar-refractivity contribution in [3.05, 3.63) is 40.4 Å². The second-order valence-corrected chi connectivity index (χ2v) is 3.80. The lowest BCUT2D eigenvalue weighted by Gasteiger charge is -2.05. The normalized spacial score (nSPS) is 10.3. The first-order valence-electron chi connectivity index (χ1n) is 4.77. The average Bonchev–Trinajstić information content (AvgIpc) is 2.60. The van der Waals surface area contributed by atoms with Gasteiger partial charge in [0, 0.05) is 0 Å². The van der Waals surface area contributed by atoms with E-state index in [1.54, 1.807) is 0 Å². The Hall–Kier alpha value is -1.82. The molecule has 1 aromatic heterocycles. The fourth-order valence-electron chi connectivity index (χ4n) is 1.22. The highest BCUT2D eigenvalue weighted by atomic mass is 32.1. The first-order valence-corrected chi connectivity index (χ1v) is 5.18. The lowest BCUT2D eigenvalue weighted by atomic mass is 10.2. The zero-order valence-corrected chi connectivity index (χ0v) is 9.62. The van der Waals surface area contributed by atoms with Crippen LogP contribution in [0.5, 0.6) is 5.75 Å². The van der Waals surface area contributed by atoms with Crippen LogP contribution in [0.25, 0.3) is 0 Å².